The van der Waals surface area contributed by atoms with Crippen molar-refractivity contribution in [2.75, 3.05) is 11.4 Å². The number of imidazole rings is 1. The van der Waals surface area contributed by atoms with E-state index in [1.807, 2.05) is 10.6 Å². The lowest BCUT2D eigenvalue weighted by Gasteiger charge is -2.39. The van der Waals surface area contributed by atoms with Crippen molar-refractivity contribution in [2.45, 2.75) is 38.6 Å². The summed E-state index contributed by atoms with van der Waals surface area (Å²) in [5, 5.41) is 0. The first kappa shape index (κ1) is 14.8. The van der Waals surface area contributed by atoms with Gasteiger partial charge in [-0.1, -0.05) is 0 Å². The Bertz CT molecular complexity index is 1010. The highest BCUT2D eigenvalue weighted by atomic mass is 32.1. The van der Waals surface area contributed by atoms with E-state index < -0.39 is 5.91 Å². The first-order valence-corrected chi connectivity index (χ1v) is 9.36. The minimum absolute atomic E-state index is 0.318. The highest BCUT2D eigenvalue weighted by molar-refractivity contribution is 7.21. The highest BCUT2D eigenvalue weighted by Crippen LogP contribution is 2.37. The summed E-state index contributed by atoms with van der Waals surface area (Å²) in [6, 6.07) is 0.497. The Kier molecular flexibility index (Phi) is 3.12. The van der Waals surface area contributed by atoms with E-state index in [0.29, 0.717) is 11.7 Å². The van der Waals surface area contributed by atoms with Gasteiger partial charge in [0.25, 0.3) is 5.91 Å². The maximum Gasteiger partial charge on any atom is 0.270 e. The number of carbonyl (C=O) groups is 1. The van der Waals surface area contributed by atoms with Crippen molar-refractivity contribution in [3.63, 3.8) is 0 Å². The second kappa shape index (κ2) is 5.26. The van der Waals surface area contributed by atoms with Crippen molar-refractivity contribution in [1.29, 1.82) is 0 Å². The van der Waals surface area contributed by atoms with Gasteiger partial charge in [0, 0.05) is 30.0 Å². The van der Waals surface area contributed by atoms with Crippen LogP contribution in [-0.2, 0) is 12.8 Å². The van der Waals surface area contributed by atoms with Crippen LogP contribution in [0.15, 0.2) is 12.5 Å². The summed E-state index contributed by atoms with van der Waals surface area (Å²) in [5.74, 6) is 0.333. The molecule has 0 unspecified atom stereocenters. The standard InChI is InChI=1S/C17H18N6OS/c1-9-5-6-23(9)17-20-11-4-2-3-10(11)13(21-17)12-7-22-8-19-14(15(18)24)16(22)25-12/h7-9H,2-6H2,1H3,(H2,18,24)/t9-/m0/s1. The Morgan fingerprint density at radius 1 is 1.36 bits per heavy atom. The van der Waals surface area contributed by atoms with Crippen molar-refractivity contribution in [3.8, 4) is 10.6 Å². The predicted octanol–water partition coefficient (Wildman–Crippen LogP) is 2.04. The molecule has 25 heavy (non-hydrogen) atoms. The second-order valence-corrected chi connectivity index (χ2v) is 7.78. The van der Waals surface area contributed by atoms with Gasteiger partial charge in [-0.05, 0) is 32.6 Å². The number of rotatable bonds is 3. The number of aromatic nitrogens is 4. The lowest BCUT2D eigenvalue weighted by molar-refractivity contribution is 0.0998. The van der Waals surface area contributed by atoms with Crippen LogP contribution in [-0.4, -0.2) is 37.8 Å². The number of amides is 1. The van der Waals surface area contributed by atoms with E-state index in [0.717, 1.165) is 47.2 Å². The second-order valence-electron chi connectivity index (χ2n) is 6.75. The zero-order valence-electron chi connectivity index (χ0n) is 13.9. The number of anilines is 1. The predicted molar refractivity (Wildman–Crippen MR) is 96.1 cm³/mol. The molecule has 5 rings (SSSR count). The fraction of sp³-hybridized carbons (Fsp3) is 0.412. The van der Waals surface area contributed by atoms with E-state index in [1.54, 1.807) is 6.33 Å². The molecule has 0 radical (unpaired) electrons. The Morgan fingerprint density at radius 3 is 2.96 bits per heavy atom. The van der Waals surface area contributed by atoms with E-state index in [1.165, 1.54) is 29.0 Å². The summed E-state index contributed by atoms with van der Waals surface area (Å²) in [5.41, 5.74) is 9.16. The van der Waals surface area contributed by atoms with Crippen LogP contribution in [0, 0.1) is 0 Å². The van der Waals surface area contributed by atoms with Gasteiger partial charge < -0.3 is 10.6 Å². The summed E-state index contributed by atoms with van der Waals surface area (Å²) in [6.07, 6.45) is 7.95. The molecule has 1 aliphatic heterocycles. The molecule has 1 saturated heterocycles. The van der Waals surface area contributed by atoms with E-state index in [2.05, 4.69) is 16.8 Å². The zero-order chi connectivity index (χ0) is 17.1. The van der Waals surface area contributed by atoms with Gasteiger partial charge in [0.1, 0.15) is 11.2 Å². The summed E-state index contributed by atoms with van der Waals surface area (Å²) in [7, 11) is 0. The first-order chi connectivity index (χ1) is 12.1. The molecule has 0 spiro atoms. The molecule has 2 N–H and O–H groups in total. The third kappa shape index (κ3) is 2.17. The molecule has 0 aromatic carbocycles. The van der Waals surface area contributed by atoms with Gasteiger partial charge in [0.2, 0.25) is 5.95 Å². The summed E-state index contributed by atoms with van der Waals surface area (Å²) < 4.78 is 1.86. The molecule has 7 nitrogen and oxygen atoms in total. The number of primary amides is 1. The number of hydrogen-bond donors (Lipinski definition) is 1. The van der Waals surface area contributed by atoms with Gasteiger partial charge in [-0.15, -0.1) is 11.3 Å². The number of hydrogen-bond acceptors (Lipinski definition) is 6. The van der Waals surface area contributed by atoms with Crippen LogP contribution in [0.4, 0.5) is 5.95 Å². The molecule has 3 aromatic heterocycles. The molecular formula is C17H18N6OS. The van der Waals surface area contributed by atoms with E-state index in [-0.39, 0.29) is 0 Å². The molecule has 0 bridgehead atoms. The van der Waals surface area contributed by atoms with Crippen LogP contribution in [0.5, 0.6) is 0 Å². The van der Waals surface area contributed by atoms with Gasteiger partial charge in [-0.3, -0.25) is 9.20 Å². The number of nitrogens with zero attached hydrogens (tertiary/aromatic N) is 5. The molecule has 128 valence electrons. The van der Waals surface area contributed by atoms with E-state index in [9.17, 15) is 4.79 Å². The normalized spacial score (nSPS) is 19.2. The Morgan fingerprint density at radius 2 is 2.24 bits per heavy atom. The minimum atomic E-state index is -0.501. The Labute approximate surface area is 148 Å². The number of thiazole rings is 1. The van der Waals surface area contributed by atoms with Crippen LogP contribution in [0.25, 0.3) is 15.4 Å². The lowest BCUT2D eigenvalue weighted by Crippen LogP contribution is -2.46. The summed E-state index contributed by atoms with van der Waals surface area (Å²) in [4.78, 5) is 29.5. The van der Waals surface area contributed by atoms with Gasteiger partial charge in [0.15, 0.2) is 5.69 Å². The first-order valence-electron chi connectivity index (χ1n) is 8.55. The molecule has 1 aliphatic carbocycles. The maximum absolute atomic E-state index is 11.6. The third-order valence-corrected chi connectivity index (χ3v) is 6.29. The smallest absolute Gasteiger partial charge is 0.270 e. The SMILES string of the molecule is C[C@H]1CCN1c1nc2c(c(-c3cn4cnc(C(N)=O)c4s3)n1)CCC2. The molecule has 2 aliphatic rings. The van der Waals surface area contributed by atoms with Crippen molar-refractivity contribution >= 4 is 28.0 Å². The highest BCUT2D eigenvalue weighted by Gasteiger charge is 2.29. The van der Waals surface area contributed by atoms with Crippen molar-refractivity contribution in [3.05, 3.63) is 29.5 Å². The van der Waals surface area contributed by atoms with Crippen molar-refractivity contribution in [2.24, 2.45) is 5.73 Å². The minimum Gasteiger partial charge on any atom is -0.364 e. The fourth-order valence-electron chi connectivity index (χ4n) is 3.64. The average molecular weight is 354 g/mol. The maximum atomic E-state index is 11.6. The largest absolute Gasteiger partial charge is 0.364 e. The molecular weight excluding hydrogens is 336 g/mol. The molecule has 3 aromatic rings. The van der Waals surface area contributed by atoms with E-state index in [4.69, 9.17) is 15.7 Å². The van der Waals surface area contributed by atoms with Crippen LogP contribution in [0.2, 0.25) is 0 Å². The van der Waals surface area contributed by atoms with Crippen LogP contribution < -0.4 is 10.6 Å². The summed E-state index contributed by atoms with van der Waals surface area (Å²) >= 11 is 1.52. The quantitative estimate of drug-likeness (QED) is 0.777. The fourth-order valence-corrected chi connectivity index (χ4v) is 4.74. The molecule has 4 heterocycles. The van der Waals surface area contributed by atoms with Crippen LogP contribution >= 0.6 is 11.3 Å². The molecule has 1 fully saturated rings. The van der Waals surface area contributed by atoms with Crippen molar-refractivity contribution in [1.82, 2.24) is 19.4 Å². The number of fused-ring (bicyclic) bond motifs is 2. The zero-order valence-corrected chi connectivity index (χ0v) is 14.7. The van der Waals surface area contributed by atoms with Gasteiger partial charge in [0.05, 0.1) is 10.6 Å². The van der Waals surface area contributed by atoms with Gasteiger partial charge in [-0.2, -0.15) is 0 Å². The monoisotopic (exact) mass is 354 g/mol. The van der Waals surface area contributed by atoms with Gasteiger partial charge in [-0.25, -0.2) is 15.0 Å². The summed E-state index contributed by atoms with van der Waals surface area (Å²) in [6.45, 7) is 3.22. The molecule has 1 amide bonds. The molecule has 8 heteroatoms. The number of aryl methyl sites for hydroxylation is 1. The van der Waals surface area contributed by atoms with Crippen molar-refractivity contribution < 1.29 is 4.79 Å². The van der Waals surface area contributed by atoms with E-state index >= 15 is 0 Å². The number of carbonyl (C=O) groups excluding carboxylic acids is 1. The topological polar surface area (TPSA) is 89.4 Å². The Hall–Kier alpha value is -2.48. The third-order valence-electron chi connectivity index (χ3n) is 5.18. The lowest BCUT2D eigenvalue weighted by atomic mass is 10.1. The van der Waals surface area contributed by atoms with Crippen LogP contribution in [0.1, 0.15) is 41.5 Å². The molecule has 0 saturated carbocycles. The number of nitrogens with two attached hydrogens (primary N) is 1. The average Bonchev–Trinajstić information content (AvgIpc) is 3.26. The molecule has 1 atom stereocenters. The van der Waals surface area contributed by atoms with Crippen LogP contribution in [0.3, 0.4) is 0 Å². The van der Waals surface area contributed by atoms with Gasteiger partial charge >= 0.3 is 0 Å². The Balaban J connectivity index is 1.67.